The van der Waals surface area contributed by atoms with Crippen LogP contribution in [0.15, 0.2) is 65.5 Å². The Morgan fingerprint density at radius 3 is 2.17 bits per heavy atom. The fourth-order valence-corrected chi connectivity index (χ4v) is 4.42. The maximum atomic E-state index is 13.4. The molecule has 152 valence electrons. The Bertz CT molecular complexity index is 1270. The van der Waals surface area contributed by atoms with E-state index in [9.17, 15) is 4.79 Å². The van der Waals surface area contributed by atoms with Crippen molar-refractivity contribution in [2.75, 3.05) is 37.6 Å². The second-order valence-electron chi connectivity index (χ2n) is 7.95. The summed E-state index contributed by atoms with van der Waals surface area (Å²) in [6.45, 7) is 9.49. The number of nitrogens with zero attached hydrogens (tertiary/aromatic N) is 4. The molecule has 0 amide bonds. The molecule has 3 aromatic carbocycles. The third-order valence-electron chi connectivity index (χ3n) is 6.20. The quantitative estimate of drug-likeness (QED) is 0.490. The molecule has 0 aliphatic carbocycles. The van der Waals surface area contributed by atoms with E-state index in [1.165, 1.54) is 5.69 Å². The number of hydrogen-bond acceptors (Lipinski definition) is 4. The highest BCUT2D eigenvalue weighted by Crippen LogP contribution is 2.22. The number of hydrogen-bond donors (Lipinski definition) is 0. The molecule has 5 rings (SSSR count). The SMILES string of the molecule is CCN1CCN(c2ccc(-n3c(C)nc4cc5ccccc5cc4c3=O)cc2)CC1. The Kier molecular flexibility index (Phi) is 4.75. The molecule has 0 unspecified atom stereocenters. The second-order valence-corrected chi connectivity index (χ2v) is 7.95. The van der Waals surface area contributed by atoms with E-state index >= 15 is 0 Å². The zero-order chi connectivity index (χ0) is 20.7. The van der Waals surface area contributed by atoms with Crippen molar-refractivity contribution in [2.45, 2.75) is 13.8 Å². The molecule has 2 heterocycles. The third kappa shape index (κ3) is 3.25. The van der Waals surface area contributed by atoms with E-state index in [0.29, 0.717) is 11.2 Å². The van der Waals surface area contributed by atoms with Crippen molar-refractivity contribution < 1.29 is 0 Å². The first kappa shape index (κ1) is 18.8. The molecule has 0 saturated carbocycles. The zero-order valence-corrected chi connectivity index (χ0v) is 17.5. The Labute approximate surface area is 176 Å². The van der Waals surface area contributed by atoms with Crippen LogP contribution in [0.5, 0.6) is 0 Å². The molecule has 0 radical (unpaired) electrons. The third-order valence-corrected chi connectivity index (χ3v) is 6.20. The number of anilines is 1. The van der Waals surface area contributed by atoms with Crippen LogP contribution in [0.3, 0.4) is 0 Å². The molecule has 0 atom stereocenters. The molecule has 0 N–H and O–H groups in total. The highest BCUT2D eigenvalue weighted by Gasteiger charge is 2.16. The number of piperazine rings is 1. The van der Waals surface area contributed by atoms with E-state index in [2.05, 4.69) is 34.9 Å². The number of benzene rings is 3. The monoisotopic (exact) mass is 398 g/mol. The molecule has 5 heteroatoms. The van der Waals surface area contributed by atoms with Gasteiger partial charge in [-0.3, -0.25) is 9.36 Å². The maximum absolute atomic E-state index is 13.4. The fourth-order valence-electron chi connectivity index (χ4n) is 4.42. The summed E-state index contributed by atoms with van der Waals surface area (Å²) in [6, 6.07) is 20.3. The molecule has 5 nitrogen and oxygen atoms in total. The normalized spacial score (nSPS) is 15.2. The van der Waals surface area contributed by atoms with Crippen molar-refractivity contribution in [1.29, 1.82) is 0 Å². The predicted molar refractivity (Wildman–Crippen MR) is 124 cm³/mol. The van der Waals surface area contributed by atoms with Crippen LogP contribution < -0.4 is 10.5 Å². The minimum absolute atomic E-state index is 0.0208. The van der Waals surface area contributed by atoms with Crippen LogP contribution in [-0.4, -0.2) is 47.2 Å². The van der Waals surface area contributed by atoms with Gasteiger partial charge in [-0.2, -0.15) is 0 Å². The molecule has 1 fully saturated rings. The molecular formula is C25H26N4O. The van der Waals surface area contributed by atoms with Crippen molar-refractivity contribution in [3.8, 4) is 5.69 Å². The van der Waals surface area contributed by atoms with Gasteiger partial charge < -0.3 is 9.80 Å². The van der Waals surface area contributed by atoms with Gasteiger partial charge in [0, 0.05) is 31.9 Å². The lowest BCUT2D eigenvalue weighted by Crippen LogP contribution is -2.46. The molecule has 0 spiro atoms. The van der Waals surface area contributed by atoms with E-state index in [-0.39, 0.29) is 5.56 Å². The van der Waals surface area contributed by atoms with Crippen molar-refractivity contribution in [2.24, 2.45) is 0 Å². The molecular weight excluding hydrogens is 372 g/mol. The second kappa shape index (κ2) is 7.58. The highest BCUT2D eigenvalue weighted by atomic mass is 16.1. The first-order valence-electron chi connectivity index (χ1n) is 10.6. The average Bonchev–Trinajstić information content (AvgIpc) is 2.79. The van der Waals surface area contributed by atoms with Gasteiger partial charge in [0.15, 0.2) is 0 Å². The van der Waals surface area contributed by atoms with Gasteiger partial charge in [-0.15, -0.1) is 0 Å². The van der Waals surface area contributed by atoms with E-state index in [4.69, 9.17) is 4.98 Å². The molecule has 1 aliphatic heterocycles. The number of fused-ring (bicyclic) bond motifs is 2. The van der Waals surface area contributed by atoms with Crippen molar-refractivity contribution in [3.05, 3.63) is 76.8 Å². The van der Waals surface area contributed by atoms with Crippen LogP contribution in [0.25, 0.3) is 27.4 Å². The smallest absolute Gasteiger partial charge is 0.265 e. The van der Waals surface area contributed by atoms with E-state index in [0.717, 1.165) is 54.7 Å². The van der Waals surface area contributed by atoms with Crippen molar-refractivity contribution in [3.63, 3.8) is 0 Å². The van der Waals surface area contributed by atoms with E-state index in [1.54, 1.807) is 4.57 Å². The van der Waals surface area contributed by atoms with Crippen LogP contribution in [0.2, 0.25) is 0 Å². The van der Waals surface area contributed by atoms with E-state index in [1.807, 2.05) is 49.4 Å². The Hall–Kier alpha value is -3.18. The van der Waals surface area contributed by atoms with Gasteiger partial charge in [0.2, 0.25) is 0 Å². The standard InChI is InChI=1S/C25H26N4O/c1-3-27-12-14-28(15-13-27)21-8-10-22(11-9-21)29-18(2)26-24-17-20-7-5-4-6-19(20)16-23(24)25(29)30/h4-11,16-17H,3,12-15H2,1-2H3. The fraction of sp³-hybridized carbons (Fsp3) is 0.280. The maximum Gasteiger partial charge on any atom is 0.265 e. The molecule has 1 aliphatic rings. The summed E-state index contributed by atoms with van der Waals surface area (Å²) in [6.07, 6.45) is 0. The summed E-state index contributed by atoms with van der Waals surface area (Å²) in [7, 11) is 0. The Morgan fingerprint density at radius 2 is 1.50 bits per heavy atom. The van der Waals surface area contributed by atoms with Gasteiger partial charge in [0.05, 0.1) is 16.6 Å². The lowest BCUT2D eigenvalue weighted by molar-refractivity contribution is 0.271. The summed E-state index contributed by atoms with van der Waals surface area (Å²) >= 11 is 0. The topological polar surface area (TPSA) is 41.4 Å². The number of aromatic nitrogens is 2. The summed E-state index contributed by atoms with van der Waals surface area (Å²) in [5, 5.41) is 2.81. The number of likely N-dealkylation sites (N-methyl/N-ethyl adjacent to an activating group) is 1. The van der Waals surface area contributed by atoms with Crippen molar-refractivity contribution >= 4 is 27.4 Å². The predicted octanol–water partition coefficient (Wildman–Crippen LogP) is 3.99. The zero-order valence-electron chi connectivity index (χ0n) is 17.5. The first-order valence-corrected chi connectivity index (χ1v) is 10.6. The van der Waals surface area contributed by atoms with Crippen LogP contribution in [0, 0.1) is 6.92 Å². The minimum Gasteiger partial charge on any atom is -0.369 e. The van der Waals surface area contributed by atoms with Crippen LogP contribution in [-0.2, 0) is 0 Å². The Balaban J connectivity index is 1.52. The Morgan fingerprint density at radius 1 is 0.867 bits per heavy atom. The molecule has 4 aromatic rings. The van der Waals surface area contributed by atoms with Crippen LogP contribution >= 0.6 is 0 Å². The largest absolute Gasteiger partial charge is 0.369 e. The van der Waals surface area contributed by atoms with Gasteiger partial charge in [0.25, 0.3) is 5.56 Å². The molecule has 1 aromatic heterocycles. The summed E-state index contributed by atoms with van der Waals surface area (Å²) < 4.78 is 1.72. The van der Waals surface area contributed by atoms with Gasteiger partial charge in [0.1, 0.15) is 5.82 Å². The number of aryl methyl sites for hydroxylation is 1. The average molecular weight is 399 g/mol. The lowest BCUT2D eigenvalue weighted by atomic mass is 10.1. The van der Waals surface area contributed by atoms with Crippen LogP contribution in [0.4, 0.5) is 5.69 Å². The van der Waals surface area contributed by atoms with Crippen LogP contribution in [0.1, 0.15) is 12.7 Å². The summed E-state index contributed by atoms with van der Waals surface area (Å²) in [4.78, 5) is 23.0. The van der Waals surface area contributed by atoms with Gasteiger partial charge >= 0.3 is 0 Å². The summed E-state index contributed by atoms with van der Waals surface area (Å²) in [5.41, 5.74) is 2.79. The van der Waals surface area contributed by atoms with E-state index < -0.39 is 0 Å². The number of rotatable bonds is 3. The van der Waals surface area contributed by atoms with Crippen molar-refractivity contribution in [1.82, 2.24) is 14.5 Å². The van der Waals surface area contributed by atoms with Gasteiger partial charge in [-0.05, 0) is 60.6 Å². The van der Waals surface area contributed by atoms with Gasteiger partial charge in [-0.1, -0.05) is 31.2 Å². The molecule has 30 heavy (non-hydrogen) atoms. The first-order chi connectivity index (χ1) is 14.6. The summed E-state index contributed by atoms with van der Waals surface area (Å²) in [5.74, 6) is 0.701. The lowest BCUT2D eigenvalue weighted by Gasteiger charge is -2.35. The highest BCUT2D eigenvalue weighted by molar-refractivity contribution is 5.96. The van der Waals surface area contributed by atoms with Gasteiger partial charge in [-0.25, -0.2) is 4.98 Å². The minimum atomic E-state index is -0.0208. The molecule has 0 bridgehead atoms. The molecule has 1 saturated heterocycles.